The van der Waals surface area contributed by atoms with Crippen molar-refractivity contribution in [1.29, 1.82) is 0 Å². The Morgan fingerprint density at radius 3 is 2.48 bits per heavy atom. The molecule has 6 heteroatoms. The SMILES string of the molecule is C=C(Cl)/C=C\C(=C)Cn1nc(-c2ccc(C(=O)O)cc2)cc(C)c1=O. The first-order valence-corrected chi connectivity index (χ1v) is 7.78. The number of carboxylic acids is 1. The number of hydrogen-bond donors (Lipinski definition) is 1. The van der Waals surface area contributed by atoms with Gasteiger partial charge in [-0.15, -0.1) is 0 Å². The molecular formula is C19H17ClN2O3. The number of carboxylic acid groups (broad SMARTS) is 1. The zero-order chi connectivity index (χ0) is 18.6. The molecule has 0 aliphatic carbocycles. The van der Waals surface area contributed by atoms with Crippen molar-refractivity contribution in [3.8, 4) is 11.3 Å². The number of hydrogen-bond acceptors (Lipinski definition) is 3. The number of carbonyl (C=O) groups is 1. The van der Waals surface area contributed by atoms with E-state index in [0.29, 0.717) is 21.9 Å². The molecule has 2 aromatic rings. The fourth-order valence-corrected chi connectivity index (χ4v) is 2.22. The Morgan fingerprint density at radius 1 is 1.28 bits per heavy atom. The number of rotatable bonds is 6. The van der Waals surface area contributed by atoms with Gasteiger partial charge in [-0.25, -0.2) is 9.48 Å². The highest BCUT2D eigenvalue weighted by molar-refractivity contribution is 6.30. The third-order valence-corrected chi connectivity index (χ3v) is 3.56. The van der Waals surface area contributed by atoms with Gasteiger partial charge in [-0.05, 0) is 36.8 Å². The smallest absolute Gasteiger partial charge is 0.335 e. The fraction of sp³-hybridized carbons (Fsp3) is 0.105. The van der Waals surface area contributed by atoms with Crippen molar-refractivity contribution in [2.45, 2.75) is 13.5 Å². The van der Waals surface area contributed by atoms with Crippen LogP contribution in [0.1, 0.15) is 15.9 Å². The summed E-state index contributed by atoms with van der Waals surface area (Å²) in [5.41, 5.74) is 2.45. The number of halogens is 1. The van der Waals surface area contributed by atoms with Crippen molar-refractivity contribution in [3.05, 3.63) is 87.7 Å². The van der Waals surface area contributed by atoms with Gasteiger partial charge in [0.2, 0.25) is 0 Å². The Bertz CT molecular complexity index is 925. The van der Waals surface area contributed by atoms with E-state index in [4.69, 9.17) is 16.7 Å². The van der Waals surface area contributed by atoms with Gasteiger partial charge >= 0.3 is 5.97 Å². The van der Waals surface area contributed by atoms with Crippen LogP contribution >= 0.6 is 11.6 Å². The number of benzene rings is 1. The van der Waals surface area contributed by atoms with Crippen LogP contribution in [0.5, 0.6) is 0 Å². The van der Waals surface area contributed by atoms with E-state index in [2.05, 4.69) is 18.3 Å². The summed E-state index contributed by atoms with van der Waals surface area (Å²) in [7, 11) is 0. The molecule has 0 radical (unpaired) electrons. The van der Waals surface area contributed by atoms with E-state index >= 15 is 0 Å². The zero-order valence-corrected chi connectivity index (χ0v) is 14.5. The number of nitrogens with zero attached hydrogens (tertiary/aromatic N) is 2. The van der Waals surface area contributed by atoms with E-state index in [-0.39, 0.29) is 17.7 Å². The third kappa shape index (κ3) is 4.78. The summed E-state index contributed by atoms with van der Waals surface area (Å²) in [6.45, 7) is 9.34. The molecule has 0 spiro atoms. The van der Waals surface area contributed by atoms with Gasteiger partial charge < -0.3 is 5.11 Å². The van der Waals surface area contributed by atoms with Crippen LogP contribution in [0.3, 0.4) is 0 Å². The van der Waals surface area contributed by atoms with Gasteiger partial charge in [0.15, 0.2) is 0 Å². The van der Waals surface area contributed by atoms with E-state index in [1.165, 1.54) is 16.8 Å². The summed E-state index contributed by atoms with van der Waals surface area (Å²) in [6, 6.07) is 7.99. The number of aryl methyl sites for hydroxylation is 1. The molecule has 128 valence electrons. The number of aromatic carboxylic acids is 1. The molecule has 5 nitrogen and oxygen atoms in total. The van der Waals surface area contributed by atoms with Crippen molar-refractivity contribution < 1.29 is 9.90 Å². The van der Waals surface area contributed by atoms with Gasteiger partial charge in [0.25, 0.3) is 5.56 Å². The van der Waals surface area contributed by atoms with Crippen LogP contribution in [-0.2, 0) is 6.54 Å². The van der Waals surface area contributed by atoms with Crippen LogP contribution in [0.2, 0.25) is 0 Å². The molecule has 0 aliphatic heterocycles. The Hall–Kier alpha value is -2.92. The first-order valence-electron chi connectivity index (χ1n) is 7.40. The summed E-state index contributed by atoms with van der Waals surface area (Å²) in [5, 5.41) is 13.7. The second-order valence-corrected chi connectivity index (χ2v) is 5.98. The maximum Gasteiger partial charge on any atom is 0.335 e. The Kier molecular flexibility index (Phi) is 5.72. The lowest BCUT2D eigenvalue weighted by atomic mass is 10.1. The molecule has 0 bridgehead atoms. The van der Waals surface area contributed by atoms with Crippen molar-refractivity contribution in [1.82, 2.24) is 9.78 Å². The number of allylic oxidation sites excluding steroid dienone is 4. The molecule has 1 N–H and O–H groups in total. The molecule has 1 aromatic carbocycles. The minimum Gasteiger partial charge on any atom is -0.478 e. The van der Waals surface area contributed by atoms with Crippen molar-refractivity contribution in [3.63, 3.8) is 0 Å². The van der Waals surface area contributed by atoms with Gasteiger partial charge in [0.05, 0.1) is 17.8 Å². The van der Waals surface area contributed by atoms with Crippen molar-refractivity contribution >= 4 is 17.6 Å². The van der Waals surface area contributed by atoms with Crippen LogP contribution in [0.25, 0.3) is 11.3 Å². The van der Waals surface area contributed by atoms with Crippen LogP contribution < -0.4 is 5.56 Å². The second-order valence-electron chi connectivity index (χ2n) is 5.50. The lowest BCUT2D eigenvalue weighted by Crippen LogP contribution is -2.25. The molecule has 1 heterocycles. The van der Waals surface area contributed by atoms with E-state index in [1.54, 1.807) is 37.3 Å². The van der Waals surface area contributed by atoms with Crippen molar-refractivity contribution in [2.75, 3.05) is 0 Å². The van der Waals surface area contributed by atoms with Gasteiger partial charge in [0, 0.05) is 16.2 Å². The molecule has 0 amide bonds. The Balaban J connectivity index is 2.37. The maximum atomic E-state index is 12.3. The summed E-state index contributed by atoms with van der Waals surface area (Å²) < 4.78 is 1.32. The summed E-state index contributed by atoms with van der Waals surface area (Å²) in [5.74, 6) is -0.996. The van der Waals surface area contributed by atoms with Crippen LogP contribution in [-0.4, -0.2) is 20.9 Å². The van der Waals surface area contributed by atoms with E-state index in [9.17, 15) is 9.59 Å². The molecule has 0 unspecified atom stereocenters. The highest BCUT2D eigenvalue weighted by atomic mass is 35.5. The van der Waals surface area contributed by atoms with Gasteiger partial charge in [-0.2, -0.15) is 5.10 Å². The van der Waals surface area contributed by atoms with Crippen LogP contribution in [0, 0.1) is 6.92 Å². The Morgan fingerprint density at radius 2 is 1.92 bits per heavy atom. The van der Waals surface area contributed by atoms with E-state index in [1.807, 2.05) is 0 Å². The summed E-state index contributed by atoms with van der Waals surface area (Å²) in [4.78, 5) is 23.2. The molecule has 0 fully saturated rings. The van der Waals surface area contributed by atoms with Gasteiger partial charge in [-0.3, -0.25) is 4.79 Å². The predicted octanol–water partition coefficient (Wildman–Crippen LogP) is 3.78. The topological polar surface area (TPSA) is 72.2 Å². The molecule has 0 atom stereocenters. The quantitative estimate of drug-likeness (QED) is 0.799. The van der Waals surface area contributed by atoms with E-state index < -0.39 is 5.97 Å². The lowest BCUT2D eigenvalue weighted by molar-refractivity contribution is 0.0697. The maximum absolute atomic E-state index is 12.3. The normalized spacial score (nSPS) is 10.8. The highest BCUT2D eigenvalue weighted by Crippen LogP contribution is 2.17. The molecule has 0 saturated carbocycles. The van der Waals surface area contributed by atoms with Crippen LogP contribution in [0.15, 0.2) is 71.0 Å². The molecular weight excluding hydrogens is 340 g/mol. The molecule has 0 saturated heterocycles. The monoisotopic (exact) mass is 356 g/mol. The minimum absolute atomic E-state index is 0.189. The summed E-state index contributed by atoms with van der Waals surface area (Å²) >= 11 is 5.67. The molecule has 2 rings (SSSR count). The fourth-order valence-electron chi connectivity index (χ4n) is 2.16. The van der Waals surface area contributed by atoms with Gasteiger partial charge in [-0.1, -0.05) is 43.0 Å². The predicted molar refractivity (Wildman–Crippen MR) is 98.9 cm³/mol. The average Bonchev–Trinajstić information content (AvgIpc) is 2.57. The standard InChI is InChI=1S/C19H17ClN2O3/c1-12(4-5-14(3)20)11-22-18(23)13(2)10-17(21-22)15-6-8-16(9-7-15)19(24)25/h4-10H,1,3,11H2,2H3,(H,24,25)/b5-4-. The van der Waals surface area contributed by atoms with Crippen LogP contribution in [0.4, 0.5) is 0 Å². The van der Waals surface area contributed by atoms with E-state index in [0.717, 1.165) is 5.56 Å². The first-order chi connectivity index (χ1) is 11.8. The average molecular weight is 357 g/mol. The summed E-state index contributed by atoms with van der Waals surface area (Å²) in [6.07, 6.45) is 3.27. The largest absolute Gasteiger partial charge is 0.478 e. The highest BCUT2D eigenvalue weighted by Gasteiger charge is 2.09. The third-order valence-electron chi connectivity index (χ3n) is 3.43. The van der Waals surface area contributed by atoms with Gasteiger partial charge in [0.1, 0.15) is 0 Å². The Labute approximate surface area is 150 Å². The minimum atomic E-state index is -0.996. The zero-order valence-electron chi connectivity index (χ0n) is 13.7. The number of aromatic nitrogens is 2. The molecule has 0 aliphatic rings. The lowest BCUT2D eigenvalue weighted by Gasteiger charge is -2.09. The van der Waals surface area contributed by atoms with Crippen molar-refractivity contribution in [2.24, 2.45) is 0 Å². The molecule has 1 aromatic heterocycles. The molecule has 25 heavy (non-hydrogen) atoms. The first kappa shape index (κ1) is 18.4. The second kappa shape index (κ2) is 7.77.